The first kappa shape index (κ1) is 17.7. The van der Waals surface area contributed by atoms with Crippen molar-refractivity contribution in [2.24, 2.45) is 5.92 Å². The second-order valence-electron chi connectivity index (χ2n) is 6.43. The summed E-state index contributed by atoms with van der Waals surface area (Å²) in [7, 11) is 3.89. The number of hydrogen-bond acceptors (Lipinski definition) is 5. The predicted molar refractivity (Wildman–Crippen MR) is 98.9 cm³/mol. The zero-order valence-corrected chi connectivity index (χ0v) is 14.9. The number of carbonyl (C=O) groups excluding carboxylic acids is 1. The number of rotatable bonds is 6. The first-order valence-corrected chi connectivity index (χ1v) is 8.03. The van der Waals surface area contributed by atoms with Crippen molar-refractivity contribution in [3.63, 3.8) is 0 Å². The average molecular weight is 327 g/mol. The van der Waals surface area contributed by atoms with Gasteiger partial charge in [0, 0.05) is 43.7 Å². The van der Waals surface area contributed by atoms with Crippen LogP contribution in [0, 0.1) is 12.8 Å². The van der Waals surface area contributed by atoms with Gasteiger partial charge in [-0.25, -0.2) is 4.98 Å². The molecule has 128 valence electrons. The Balaban J connectivity index is 2.05. The van der Waals surface area contributed by atoms with Gasteiger partial charge in [0.15, 0.2) is 0 Å². The molecule has 1 heterocycles. The van der Waals surface area contributed by atoms with Crippen LogP contribution < -0.4 is 15.5 Å². The van der Waals surface area contributed by atoms with Crippen LogP contribution in [0.4, 0.5) is 23.1 Å². The third kappa shape index (κ3) is 5.22. The molecule has 1 aromatic heterocycles. The Kier molecular flexibility index (Phi) is 5.73. The van der Waals surface area contributed by atoms with Crippen LogP contribution in [0.3, 0.4) is 0 Å². The summed E-state index contributed by atoms with van der Waals surface area (Å²) >= 11 is 0. The molecule has 0 atom stereocenters. The maximum atomic E-state index is 11.8. The standard InChI is InChI=1S/C18H25N5O/c1-12(2)10-17(24)20-14-6-8-15(9-7-14)21-18-19-13(3)11-16(22-18)23(4)5/h6-9,11-12H,10H2,1-5H3,(H,20,24)(H,19,21,22). The van der Waals surface area contributed by atoms with Crippen molar-refractivity contribution < 1.29 is 4.79 Å². The summed E-state index contributed by atoms with van der Waals surface area (Å²) in [6.07, 6.45) is 0.518. The molecule has 6 nitrogen and oxygen atoms in total. The largest absolute Gasteiger partial charge is 0.363 e. The molecule has 2 N–H and O–H groups in total. The van der Waals surface area contributed by atoms with Crippen molar-refractivity contribution in [2.45, 2.75) is 27.2 Å². The number of aromatic nitrogens is 2. The lowest BCUT2D eigenvalue weighted by Gasteiger charge is -2.14. The van der Waals surface area contributed by atoms with Gasteiger partial charge in [-0.05, 0) is 37.1 Å². The van der Waals surface area contributed by atoms with Gasteiger partial charge in [-0.2, -0.15) is 4.98 Å². The lowest BCUT2D eigenvalue weighted by atomic mass is 10.1. The molecule has 0 radical (unpaired) electrons. The molecule has 24 heavy (non-hydrogen) atoms. The third-order valence-corrected chi connectivity index (χ3v) is 3.32. The fourth-order valence-corrected chi connectivity index (χ4v) is 2.19. The number of nitrogens with one attached hydrogen (secondary N) is 2. The normalized spacial score (nSPS) is 10.6. The number of nitrogens with zero attached hydrogens (tertiary/aromatic N) is 3. The van der Waals surface area contributed by atoms with Gasteiger partial charge in [0.05, 0.1) is 0 Å². The van der Waals surface area contributed by atoms with Crippen LogP contribution in [0.5, 0.6) is 0 Å². The number of carbonyl (C=O) groups is 1. The van der Waals surface area contributed by atoms with E-state index in [2.05, 4.69) is 20.6 Å². The molecule has 1 aromatic carbocycles. The Morgan fingerprint density at radius 2 is 1.75 bits per heavy atom. The predicted octanol–water partition coefficient (Wildman–Crippen LogP) is 3.58. The summed E-state index contributed by atoms with van der Waals surface area (Å²) in [5.41, 5.74) is 2.55. The molecule has 2 rings (SSSR count). The van der Waals surface area contributed by atoms with Crippen molar-refractivity contribution in [3.05, 3.63) is 36.0 Å². The van der Waals surface area contributed by atoms with Gasteiger partial charge in [0.2, 0.25) is 11.9 Å². The first-order valence-electron chi connectivity index (χ1n) is 8.03. The van der Waals surface area contributed by atoms with Crippen LogP contribution in [0.25, 0.3) is 0 Å². The summed E-state index contributed by atoms with van der Waals surface area (Å²) in [5.74, 6) is 1.77. The highest BCUT2D eigenvalue weighted by Crippen LogP contribution is 2.19. The fraction of sp³-hybridized carbons (Fsp3) is 0.389. The Morgan fingerprint density at radius 3 is 2.33 bits per heavy atom. The molecule has 6 heteroatoms. The quantitative estimate of drug-likeness (QED) is 0.848. The van der Waals surface area contributed by atoms with Gasteiger partial charge in [0.1, 0.15) is 5.82 Å². The van der Waals surface area contributed by atoms with Gasteiger partial charge < -0.3 is 15.5 Å². The number of hydrogen-bond donors (Lipinski definition) is 2. The summed E-state index contributed by atoms with van der Waals surface area (Å²) in [6, 6.07) is 9.45. The smallest absolute Gasteiger partial charge is 0.229 e. The highest BCUT2D eigenvalue weighted by Gasteiger charge is 2.07. The summed E-state index contributed by atoms with van der Waals surface area (Å²) in [4.78, 5) is 22.6. The van der Waals surface area contributed by atoms with Gasteiger partial charge in [-0.3, -0.25) is 4.79 Å². The van der Waals surface area contributed by atoms with Crippen molar-refractivity contribution >= 4 is 29.0 Å². The molecule has 0 aliphatic rings. The number of anilines is 4. The molecular weight excluding hydrogens is 302 g/mol. The Labute approximate surface area is 143 Å². The minimum Gasteiger partial charge on any atom is -0.363 e. The molecular formula is C18H25N5O. The molecule has 0 spiro atoms. The molecule has 0 fully saturated rings. The van der Waals surface area contributed by atoms with E-state index in [0.717, 1.165) is 22.9 Å². The van der Waals surface area contributed by atoms with Crippen molar-refractivity contribution in [1.29, 1.82) is 0 Å². The zero-order valence-electron chi connectivity index (χ0n) is 14.9. The van der Waals surface area contributed by atoms with Crippen molar-refractivity contribution in [3.8, 4) is 0 Å². The van der Waals surface area contributed by atoms with E-state index in [1.54, 1.807) is 0 Å². The van der Waals surface area contributed by atoms with E-state index in [9.17, 15) is 4.79 Å². The maximum absolute atomic E-state index is 11.8. The monoisotopic (exact) mass is 327 g/mol. The number of benzene rings is 1. The van der Waals surface area contributed by atoms with E-state index >= 15 is 0 Å². The molecule has 0 aliphatic heterocycles. The lowest BCUT2D eigenvalue weighted by Crippen LogP contribution is -2.14. The number of aryl methyl sites for hydroxylation is 1. The van der Waals surface area contributed by atoms with Crippen LogP contribution >= 0.6 is 0 Å². The van der Waals surface area contributed by atoms with Crippen molar-refractivity contribution in [1.82, 2.24) is 9.97 Å². The maximum Gasteiger partial charge on any atom is 0.229 e. The van der Waals surface area contributed by atoms with E-state index in [-0.39, 0.29) is 5.91 Å². The van der Waals surface area contributed by atoms with Crippen LogP contribution in [0.2, 0.25) is 0 Å². The van der Waals surface area contributed by atoms with Crippen LogP contribution in [-0.4, -0.2) is 30.0 Å². The summed E-state index contributed by atoms with van der Waals surface area (Å²) < 4.78 is 0. The van der Waals surface area contributed by atoms with Gasteiger partial charge in [-0.15, -0.1) is 0 Å². The summed E-state index contributed by atoms with van der Waals surface area (Å²) in [6.45, 7) is 5.99. The van der Waals surface area contributed by atoms with E-state index in [1.807, 2.05) is 70.1 Å². The first-order chi connectivity index (χ1) is 11.3. The van der Waals surface area contributed by atoms with Crippen molar-refractivity contribution in [2.75, 3.05) is 29.6 Å². The Morgan fingerprint density at radius 1 is 1.12 bits per heavy atom. The van der Waals surface area contributed by atoms with Gasteiger partial charge in [-0.1, -0.05) is 13.8 Å². The second-order valence-corrected chi connectivity index (χ2v) is 6.43. The van der Waals surface area contributed by atoms with E-state index in [1.165, 1.54) is 0 Å². The molecule has 0 bridgehead atoms. The minimum atomic E-state index is 0.0309. The molecule has 1 amide bonds. The minimum absolute atomic E-state index is 0.0309. The van der Waals surface area contributed by atoms with E-state index in [4.69, 9.17) is 0 Å². The highest BCUT2D eigenvalue weighted by atomic mass is 16.1. The van der Waals surface area contributed by atoms with Gasteiger partial charge >= 0.3 is 0 Å². The lowest BCUT2D eigenvalue weighted by molar-refractivity contribution is -0.116. The molecule has 0 saturated carbocycles. The molecule has 0 unspecified atom stereocenters. The second kappa shape index (κ2) is 7.77. The SMILES string of the molecule is Cc1cc(N(C)C)nc(Nc2ccc(NC(=O)CC(C)C)cc2)n1. The number of amides is 1. The van der Waals surface area contributed by atoms with E-state index in [0.29, 0.717) is 18.3 Å². The fourth-order valence-electron chi connectivity index (χ4n) is 2.19. The molecule has 2 aromatic rings. The Hall–Kier alpha value is -2.63. The van der Waals surface area contributed by atoms with Crippen LogP contribution in [-0.2, 0) is 4.79 Å². The van der Waals surface area contributed by atoms with E-state index < -0.39 is 0 Å². The zero-order chi connectivity index (χ0) is 17.7. The topological polar surface area (TPSA) is 70.2 Å². The highest BCUT2D eigenvalue weighted by molar-refractivity contribution is 5.91. The Bertz CT molecular complexity index is 695. The molecule has 0 aliphatic carbocycles. The summed E-state index contributed by atoms with van der Waals surface area (Å²) in [5, 5.41) is 6.08. The van der Waals surface area contributed by atoms with Gasteiger partial charge in [0.25, 0.3) is 0 Å². The van der Waals surface area contributed by atoms with Crippen LogP contribution in [0.1, 0.15) is 26.0 Å². The average Bonchev–Trinajstić information content (AvgIpc) is 2.47. The van der Waals surface area contributed by atoms with Crippen LogP contribution in [0.15, 0.2) is 30.3 Å². The molecule has 0 saturated heterocycles. The third-order valence-electron chi connectivity index (χ3n) is 3.32.